The van der Waals surface area contributed by atoms with Crippen molar-refractivity contribution in [1.29, 1.82) is 0 Å². The lowest BCUT2D eigenvalue weighted by Gasteiger charge is -2.33. The Labute approximate surface area is 152 Å². The van der Waals surface area contributed by atoms with Crippen molar-refractivity contribution in [3.8, 4) is 0 Å². The van der Waals surface area contributed by atoms with Crippen LogP contribution in [0.25, 0.3) is 0 Å². The minimum absolute atomic E-state index is 0.0285. The van der Waals surface area contributed by atoms with Crippen LogP contribution in [0.15, 0.2) is 48.5 Å². The summed E-state index contributed by atoms with van der Waals surface area (Å²) in [7, 11) is 0. The first-order valence-electron chi connectivity index (χ1n) is 8.53. The average Bonchev–Trinajstić information content (AvgIpc) is 2.62. The van der Waals surface area contributed by atoms with Crippen molar-refractivity contribution in [2.45, 2.75) is 32.2 Å². The van der Waals surface area contributed by atoms with Crippen LogP contribution in [0, 0.1) is 0 Å². The van der Waals surface area contributed by atoms with Crippen LogP contribution in [0.2, 0.25) is 5.02 Å². The number of nitrogens with one attached hydrogen (secondary N) is 1. The molecule has 5 heteroatoms. The number of anilines is 1. The first-order valence-corrected chi connectivity index (χ1v) is 8.91. The van der Waals surface area contributed by atoms with Gasteiger partial charge in [-0.05, 0) is 62.6 Å². The van der Waals surface area contributed by atoms with E-state index in [9.17, 15) is 9.59 Å². The van der Waals surface area contributed by atoms with Gasteiger partial charge in [0, 0.05) is 23.2 Å². The molecule has 1 atom stereocenters. The molecule has 1 aliphatic rings. The number of para-hydroxylation sites is 1. The fraction of sp³-hybridized carbons (Fsp3) is 0.300. The molecule has 0 saturated carbocycles. The number of benzene rings is 2. The summed E-state index contributed by atoms with van der Waals surface area (Å²) in [5, 5.41) is 3.43. The Bertz CT molecular complexity index is 774. The van der Waals surface area contributed by atoms with E-state index in [4.69, 9.17) is 11.6 Å². The van der Waals surface area contributed by atoms with Crippen LogP contribution >= 0.6 is 11.6 Å². The molecule has 25 heavy (non-hydrogen) atoms. The lowest BCUT2D eigenvalue weighted by molar-refractivity contribution is 0.0636. The third-order valence-electron chi connectivity index (χ3n) is 4.58. The largest absolute Gasteiger partial charge is 0.336 e. The summed E-state index contributed by atoms with van der Waals surface area (Å²) < 4.78 is 0. The topological polar surface area (TPSA) is 49.4 Å². The number of piperidine rings is 1. The van der Waals surface area contributed by atoms with E-state index in [1.807, 2.05) is 17.0 Å². The molecule has 0 aromatic heterocycles. The molecule has 130 valence electrons. The molecule has 1 N–H and O–H groups in total. The molecule has 0 bridgehead atoms. The predicted molar refractivity (Wildman–Crippen MR) is 100 cm³/mol. The van der Waals surface area contributed by atoms with E-state index >= 15 is 0 Å². The van der Waals surface area contributed by atoms with Crippen LogP contribution in [0.1, 0.15) is 46.9 Å². The van der Waals surface area contributed by atoms with Gasteiger partial charge >= 0.3 is 0 Å². The first-order chi connectivity index (χ1) is 12.1. The minimum Gasteiger partial charge on any atom is -0.336 e. The van der Waals surface area contributed by atoms with Crippen molar-refractivity contribution < 1.29 is 9.59 Å². The number of halogens is 1. The summed E-state index contributed by atoms with van der Waals surface area (Å²) in [4.78, 5) is 27.3. The van der Waals surface area contributed by atoms with Crippen LogP contribution in [-0.2, 0) is 0 Å². The summed E-state index contributed by atoms with van der Waals surface area (Å²) >= 11 is 5.86. The number of amides is 2. The molecular weight excluding hydrogens is 336 g/mol. The maximum Gasteiger partial charge on any atom is 0.256 e. The Balaban J connectivity index is 1.82. The summed E-state index contributed by atoms with van der Waals surface area (Å²) in [6.07, 6.45) is 3.19. The van der Waals surface area contributed by atoms with E-state index in [1.54, 1.807) is 36.4 Å². The second-order valence-corrected chi connectivity index (χ2v) is 6.79. The molecule has 1 heterocycles. The van der Waals surface area contributed by atoms with E-state index in [0.717, 1.165) is 25.8 Å². The maximum absolute atomic E-state index is 13.0. The van der Waals surface area contributed by atoms with Crippen LogP contribution in [-0.4, -0.2) is 29.3 Å². The molecule has 0 aliphatic carbocycles. The van der Waals surface area contributed by atoms with E-state index < -0.39 is 0 Å². The standard InChI is InChI=1S/C20H21ClN2O2/c1-14-6-4-5-13-23(14)20(25)17-7-2-3-8-18(17)22-19(24)15-9-11-16(21)12-10-15/h2-3,7-12,14H,4-6,13H2,1H3,(H,22,24)/t14-/m1/s1. The lowest BCUT2D eigenvalue weighted by Crippen LogP contribution is -2.42. The molecule has 0 unspecified atom stereocenters. The maximum atomic E-state index is 13.0. The predicted octanol–water partition coefficient (Wildman–Crippen LogP) is 4.61. The molecule has 0 spiro atoms. The summed E-state index contributed by atoms with van der Waals surface area (Å²) in [5.41, 5.74) is 1.56. The van der Waals surface area contributed by atoms with Crippen LogP contribution in [0.5, 0.6) is 0 Å². The summed E-state index contributed by atoms with van der Waals surface area (Å²) in [5.74, 6) is -0.289. The summed E-state index contributed by atoms with van der Waals surface area (Å²) in [6, 6.07) is 14.0. The molecule has 2 aromatic carbocycles. The highest BCUT2D eigenvalue weighted by molar-refractivity contribution is 6.30. The van der Waals surface area contributed by atoms with Gasteiger partial charge in [0.2, 0.25) is 0 Å². The Hall–Kier alpha value is -2.33. The van der Waals surface area contributed by atoms with E-state index in [1.165, 1.54) is 0 Å². The molecule has 2 amide bonds. The highest BCUT2D eigenvalue weighted by Gasteiger charge is 2.26. The zero-order chi connectivity index (χ0) is 17.8. The second-order valence-electron chi connectivity index (χ2n) is 6.35. The molecule has 1 aliphatic heterocycles. The highest BCUT2D eigenvalue weighted by Crippen LogP contribution is 2.23. The van der Waals surface area contributed by atoms with Crippen molar-refractivity contribution >= 4 is 29.1 Å². The Morgan fingerprint density at radius 2 is 1.80 bits per heavy atom. The fourth-order valence-electron chi connectivity index (χ4n) is 3.13. The van der Waals surface area contributed by atoms with Crippen LogP contribution in [0.4, 0.5) is 5.69 Å². The average molecular weight is 357 g/mol. The molecule has 0 radical (unpaired) electrons. The van der Waals surface area contributed by atoms with E-state index in [-0.39, 0.29) is 17.9 Å². The zero-order valence-corrected chi connectivity index (χ0v) is 14.9. The van der Waals surface area contributed by atoms with Gasteiger partial charge in [0.05, 0.1) is 11.3 Å². The van der Waals surface area contributed by atoms with Gasteiger partial charge in [-0.3, -0.25) is 9.59 Å². The molecule has 1 saturated heterocycles. The van der Waals surface area contributed by atoms with Crippen molar-refractivity contribution in [1.82, 2.24) is 4.90 Å². The van der Waals surface area contributed by atoms with Crippen molar-refractivity contribution in [2.24, 2.45) is 0 Å². The van der Waals surface area contributed by atoms with Gasteiger partial charge in [0.1, 0.15) is 0 Å². The number of rotatable bonds is 3. The number of hydrogen-bond donors (Lipinski definition) is 1. The normalized spacial score (nSPS) is 17.2. The van der Waals surface area contributed by atoms with Crippen LogP contribution < -0.4 is 5.32 Å². The van der Waals surface area contributed by atoms with Gasteiger partial charge < -0.3 is 10.2 Å². The van der Waals surface area contributed by atoms with E-state index in [0.29, 0.717) is 21.8 Å². The first kappa shape index (κ1) is 17.5. The monoisotopic (exact) mass is 356 g/mol. The van der Waals surface area contributed by atoms with Gasteiger partial charge in [-0.1, -0.05) is 23.7 Å². The minimum atomic E-state index is -0.261. The molecule has 3 rings (SSSR count). The third kappa shape index (κ3) is 4.02. The van der Waals surface area contributed by atoms with Gasteiger partial charge in [-0.15, -0.1) is 0 Å². The molecule has 1 fully saturated rings. The van der Waals surface area contributed by atoms with Crippen molar-refractivity contribution in [3.63, 3.8) is 0 Å². The quantitative estimate of drug-likeness (QED) is 0.873. The lowest BCUT2D eigenvalue weighted by atomic mass is 10.0. The van der Waals surface area contributed by atoms with Gasteiger partial charge in [-0.2, -0.15) is 0 Å². The molecule has 2 aromatic rings. The second kappa shape index (κ2) is 7.70. The number of nitrogens with zero attached hydrogens (tertiary/aromatic N) is 1. The molecule has 4 nitrogen and oxygen atoms in total. The van der Waals surface area contributed by atoms with Crippen molar-refractivity contribution in [3.05, 3.63) is 64.7 Å². The Kier molecular flexibility index (Phi) is 5.39. The number of carbonyl (C=O) groups excluding carboxylic acids is 2. The van der Waals surface area contributed by atoms with Gasteiger partial charge in [-0.25, -0.2) is 0 Å². The van der Waals surface area contributed by atoms with Crippen molar-refractivity contribution in [2.75, 3.05) is 11.9 Å². The van der Waals surface area contributed by atoms with Crippen LogP contribution in [0.3, 0.4) is 0 Å². The highest BCUT2D eigenvalue weighted by atomic mass is 35.5. The zero-order valence-electron chi connectivity index (χ0n) is 14.2. The van der Waals surface area contributed by atoms with Gasteiger partial charge in [0.15, 0.2) is 0 Å². The Morgan fingerprint density at radius 3 is 2.52 bits per heavy atom. The Morgan fingerprint density at radius 1 is 1.08 bits per heavy atom. The summed E-state index contributed by atoms with van der Waals surface area (Å²) in [6.45, 7) is 2.84. The number of carbonyl (C=O) groups is 2. The van der Waals surface area contributed by atoms with E-state index in [2.05, 4.69) is 12.2 Å². The van der Waals surface area contributed by atoms with Gasteiger partial charge in [0.25, 0.3) is 11.8 Å². The third-order valence-corrected chi connectivity index (χ3v) is 4.83. The SMILES string of the molecule is C[C@@H]1CCCCN1C(=O)c1ccccc1NC(=O)c1ccc(Cl)cc1. The number of likely N-dealkylation sites (tertiary alicyclic amines) is 1. The number of hydrogen-bond acceptors (Lipinski definition) is 2. The molecular formula is C20H21ClN2O2. The smallest absolute Gasteiger partial charge is 0.256 e. The fourth-order valence-corrected chi connectivity index (χ4v) is 3.25.